The van der Waals surface area contributed by atoms with Crippen LogP contribution < -0.4 is 5.32 Å². The Hall–Kier alpha value is -1.49. The minimum atomic E-state index is -0.458. The fourth-order valence-electron chi connectivity index (χ4n) is 1.98. The first-order valence-electron chi connectivity index (χ1n) is 5.42. The molecule has 2 unspecified atom stereocenters. The summed E-state index contributed by atoms with van der Waals surface area (Å²) in [6.45, 7) is 0.374. The predicted octanol–water partition coefficient (Wildman–Crippen LogP) is 1.80. The first-order valence-corrected chi connectivity index (χ1v) is 5.42. The van der Waals surface area contributed by atoms with Crippen molar-refractivity contribution in [1.29, 1.82) is 0 Å². The third kappa shape index (κ3) is 2.36. The Bertz CT molecular complexity index is 350. The maximum absolute atomic E-state index is 11.0. The van der Waals surface area contributed by atoms with Gasteiger partial charge in [0.2, 0.25) is 0 Å². The Balaban J connectivity index is 1.72. The molecule has 1 fully saturated rings. The number of hydroxylamine groups is 2. The molecule has 2 N–H and O–H groups in total. The number of amides is 2. The van der Waals surface area contributed by atoms with Crippen molar-refractivity contribution in [2.45, 2.75) is 18.8 Å². The Morgan fingerprint density at radius 3 is 3.19 bits per heavy atom. The van der Waals surface area contributed by atoms with Crippen molar-refractivity contribution in [3.05, 3.63) is 24.2 Å². The molecular formula is C11H16N2O3. The number of furan rings is 1. The molecule has 0 radical (unpaired) electrons. The summed E-state index contributed by atoms with van der Waals surface area (Å²) < 4.78 is 5.02. The second-order valence-corrected chi connectivity index (χ2v) is 4.13. The normalized spacial score (nSPS) is 22.9. The number of nitrogens with one attached hydrogen (secondary N) is 1. The smallest absolute Gasteiger partial charge is 0.340 e. The molecule has 0 spiro atoms. The standard InChI is InChI=1S/C11H16N2O3/c1-12-11(14)13(15)4-2-8-6-10(8)9-3-5-16-7-9/h3,5,7-8,10,15H,2,4,6H2,1H3,(H,12,14). The van der Waals surface area contributed by atoms with Crippen LogP contribution >= 0.6 is 0 Å². The highest BCUT2D eigenvalue weighted by molar-refractivity contribution is 5.72. The summed E-state index contributed by atoms with van der Waals surface area (Å²) in [7, 11) is 1.50. The van der Waals surface area contributed by atoms with E-state index in [1.54, 1.807) is 12.5 Å². The van der Waals surface area contributed by atoms with Gasteiger partial charge in [-0.15, -0.1) is 0 Å². The first-order chi connectivity index (χ1) is 7.72. The molecule has 88 valence electrons. The number of carbonyl (C=O) groups is 1. The molecule has 16 heavy (non-hydrogen) atoms. The van der Waals surface area contributed by atoms with Crippen LogP contribution in [0.2, 0.25) is 0 Å². The zero-order chi connectivity index (χ0) is 11.5. The molecule has 2 atom stereocenters. The van der Waals surface area contributed by atoms with Crippen molar-refractivity contribution in [2.75, 3.05) is 13.6 Å². The van der Waals surface area contributed by atoms with Gasteiger partial charge in [-0.25, -0.2) is 9.86 Å². The molecule has 1 saturated carbocycles. The topological polar surface area (TPSA) is 65.7 Å². The number of rotatable bonds is 4. The first kappa shape index (κ1) is 11.0. The fraction of sp³-hybridized carbons (Fsp3) is 0.545. The number of nitrogens with zero attached hydrogens (tertiary/aromatic N) is 1. The van der Waals surface area contributed by atoms with Gasteiger partial charge in [0.05, 0.1) is 19.1 Å². The van der Waals surface area contributed by atoms with Crippen molar-refractivity contribution < 1.29 is 14.4 Å². The van der Waals surface area contributed by atoms with Crippen LogP contribution in [-0.4, -0.2) is 29.9 Å². The van der Waals surface area contributed by atoms with Crippen LogP contribution in [0.5, 0.6) is 0 Å². The SMILES string of the molecule is CNC(=O)N(O)CCC1CC1c1ccoc1. The van der Waals surface area contributed by atoms with E-state index < -0.39 is 6.03 Å². The van der Waals surface area contributed by atoms with E-state index in [9.17, 15) is 10.0 Å². The van der Waals surface area contributed by atoms with Crippen LogP contribution in [-0.2, 0) is 0 Å². The average molecular weight is 224 g/mol. The lowest BCUT2D eigenvalue weighted by Crippen LogP contribution is -2.36. The molecule has 0 saturated heterocycles. The Labute approximate surface area is 94.0 Å². The Morgan fingerprint density at radius 1 is 1.75 bits per heavy atom. The third-order valence-electron chi connectivity index (χ3n) is 3.05. The van der Waals surface area contributed by atoms with Crippen molar-refractivity contribution in [2.24, 2.45) is 5.92 Å². The van der Waals surface area contributed by atoms with Gasteiger partial charge in [-0.1, -0.05) is 0 Å². The lowest BCUT2D eigenvalue weighted by Gasteiger charge is -2.13. The lowest BCUT2D eigenvalue weighted by molar-refractivity contribution is -0.0440. The monoisotopic (exact) mass is 224 g/mol. The molecule has 5 nitrogen and oxygen atoms in total. The zero-order valence-electron chi connectivity index (χ0n) is 9.22. The van der Waals surface area contributed by atoms with Gasteiger partial charge in [-0.05, 0) is 36.3 Å². The van der Waals surface area contributed by atoms with Gasteiger partial charge in [-0.3, -0.25) is 5.21 Å². The van der Waals surface area contributed by atoms with Gasteiger partial charge in [0.25, 0.3) is 0 Å². The minimum Gasteiger partial charge on any atom is -0.472 e. The molecule has 1 aromatic rings. The van der Waals surface area contributed by atoms with E-state index >= 15 is 0 Å². The Morgan fingerprint density at radius 2 is 2.56 bits per heavy atom. The van der Waals surface area contributed by atoms with E-state index in [0.29, 0.717) is 18.4 Å². The van der Waals surface area contributed by atoms with Crippen LogP contribution in [0.3, 0.4) is 0 Å². The van der Waals surface area contributed by atoms with Crippen molar-refractivity contribution in [3.63, 3.8) is 0 Å². The molecule has 0 aromatic carbocycles. The average Bonchev–Trinajstić information content (AvgIpc) is 2.87. The summed E-state index contributed by atoms with van der Waals surface area (Å²) in [4.78, 5) is 11.0. The number of urea groups is 1. The fourth-order valence-corrected chi connectivity index (χ4v) is 1.98. The van der Waals surface area contributed by atoms with Gasteiger partial charge >= 0.3 is 6.03 Å². The second-order valence-electron chi connectivity index (χ2n) is 4.13. The summed E-state index contributed by atoms with van der Waals surface area (Å²) in [6, 6.07) is 1.51. The van der Waals surface area contributed by atoms with Crippen LogP contribution in [0, 0.1) is 5.92 Å². The van der Waals surface area contributed by atoms with Crippen molar-refractivity contribution in [1.82, 2.24) is 10.4 Å². The zero-order valence-corrected chi connectivity index (χ0v) is 9.22. The second kappa shape index (κ2) is 4.57. The van der Waals surface area contributed by atoms with Gasteiger partial charge in [-0.2, -0.15) is 0 Å². The molecule has 0 bridgehead atoms. The molecule has 5 heteroatoms. The van der Waals surface area contributed by atoms with Gasteiger partial charge in [0.15, 0.2) is 0 Å². The molecule has 2 amide bonds. The summed E-state index contributed by atoms with van der Waals surface area (Å²) >= 11 is 0. The highest BCUT2D eigenvalue weighted by Gasteiger charge is 2.38. The van der Waals surface area contributed by atoms with Crippen molar-refractivity contribution >= 4 is 6.03 Å². The summed E-state index contributed by atoms with van der Waals surface area (Å²) in [5.41, 5.74) is 1.22. The maximum Gasteiger partial charge on any atom is 0.340 e. The molecule has 0 aliphatic heterocycles. The highest BCUT2D eigenvalue weighted by atomic mass is 16.5. The summed E-state index contributed by atoms with van der Waals surface area (Å²) in [5.74, 6) is 1.09. The largest absolute Gasteiger partial charge is 0.472 e. The Kier molecular flexibility index (Phi) is 3.14. The van der Waals surface area contributed by atoms with Crippen LogP contribution in [0.25, 0.3) is 0 Å². The number of carbonyl (C=O) groups excluding carboxylic acids is 1. The van der Waals surface area contributed by atoms with Gasteiger partial charge < -0.3 is 9.73 Å². The van der Waals surface area contributed by atoms with Crippen LogP contribution in [0.4, 0.5) is 4.79 Å². The van der Waals surface area contributed by atoms with Crippen molar-refractivity contribution in [3.8, 4) is 0 Å². The van der Waals surface area contributed by atoms with Gasteiger partial charge in [0, 0.05) is 7.05 Å². The molecule has 2 rings (SSSR count). The lowest BCUT2D eigenvalue weighted by atomic mass is 10.1. The van der Waals surface area contributed by atoms with Gasteiger partial charge in [0.1, 0.15) is 0 Å². The van der Waals surface area contributed by atoms with E-state index in [4.69, 9.17) is 4.42 Å². The quantitative estimate of drug-likeness (QED) is 0.605. The molecule has 1 aromatic heterocycles. The molecular weight excluding hydrogens is 208 g/mol. The summed E-state index contributed by atoms with van der Waals surface area (Å²) in [5, 5.41) is 12.4. The molecule has 1 aliphatic carbocycles. The van der Waals surface area contributed by atoms with E-state index in [1.807, 2.05) is 6.07 Å². The van der Waals surface area contributed by atoms with E-state index in [0.717, 1.165) is 17.9 Å². The number of hydrogen-bond acceptors (Lipinski definition) is 3. The molecule has 1 heterocycles. The van der Waals surface area contributed by atoms with E-state index in [2.05, 4.69) is 5.32 Å². The predicted molar refractivity (Wildman–Crippen MR) is 57.1 cm³/mol. The number of hydrogen-bond donors (Lipinski definition) is 2. The maximum atomic E-state index is 11.0. The van der Waals surface area contributed by atoms with Crippen LogP contribution in [0.15, 0.2) is 23.0 Å². The highest BCUT2D eigenvalue weighted by Crippen LogP contribution is 2.49. The van der Waals surface area contributed by atoms with E-state index in [-0.39, 0.29) is 0 Å². The minimum absolute atomic E-state index is 0.374. The van der Waals surface area contributed by atoms with E-state index in [1.165, 1.54) is 12.6 Å². The summed E-state index contributed by atoms with van der Waals surface area (Å²) in [6.07, 6.45) is 5.37. The third-order valence-corrected chi connectivity index (χ3v) is 3.05. The van der Waals surface area contributed by atoms with Crippen LogP contribution in [0.1, 0.15) is 24.3 Å². The molecule has 1 aliphatic rings.